The first-order valence-corrected chi connectivity index (χ1v) is 12.8. The summed E-state index contributed by atoms with van der Waals surface area (Å²) in [4.78, 5) is 12.3. The van der Waals surface area contributed by atoms with Crippen molar-refractivity contribution >= 4 is 21.9 Å². The largest absolute Gasteiger partial charge is 0.496 e. The second-order valence-corrected chi connectivity index (χ2v) is 9.56. The van der Waals surface area contributed by atoms with Gasteiger partial charge in [0.25, 0.3) is 0 Å². The average Bonchev–Trinajstić information content (AvgIpc) is 3.46. The molecule has 8 nitrogen and oxygen atoms in total. The Labute approximate surface area is 215 Å². The SMILES string of the molecule is COc1cc2c(cc1-c1c(C)noc1C)ncc1nc(CCN3CCOCC3)n(Cc3ccccc3)c12. The van der Waals surface area contributed by atoms with Gasteiger partial charge in [0.05, 0.1) is 48.8 Å². The van der Waals surface area contributed by atoms with E-state index in [1.807, 2.05) is 20.0 Å². The number of benzene rings is 2. The van der Waals surface area contributed by atoms with Crippen molar-refractivity contribution in [3.8, 4) is 16.9 Å². The monoisotopic (exact) mass is 497 g/mol. The maximum absolute atomic E-state index is 5.88. The summed E-state index contributed by atoms with van der Waals surface area (Å²) in [7, 11) is 1.70. The number of morpholine rings is 1. The summed E-state index contributed by atoms with van der Waals surface area (Å²) in [5.41, 5.74) is 6.80. The number of ether oxygens (including phenoxy) is 2. The Hall–Kier alpha value is -3.75. The Morgan fingerprint density at radius 2 is 1.84 bits per heavy atom. The number of pyridine rings is 1. The third kappa shape index (κ3) is 4.47. The molecular formula is C29H31N5O3. The van der Waals surface area contributed by atoms with Crippen LogP contribution < -0.4 is 4.74 Å². The summed E-state index contributed by atoms with van der Waals surface area (Å²) < 4.78 is 19.2. The number of methoxy groups -OCH3 is 1. The minimum Gasteiger partial charge on any atom is -0.496 e. The molecule has 2 aromatic carbocycles. The number of imidazole rings is 1. The molecule has 0 amide bonds. The molecule has 5 aromatic rings. The van der Waals surface area contributed by atoms with Gasteiger partial charge >= 0.3 is 0 Å². The molecule has 3 aromatic heterocycles. The van der Waals surface area contributed by atoms with Crippen molar-refractivity contribution in [3.05, 3.63) is 71.5 Å². The molecule has 4 heterocycles. The van der Waals surface area contributed by atoms with Gasteiger partial charge in [-0.2, -0.15) is 0 Å². The molecule has 0 aliphatic carbocycles. The number of nitrogens with zero attached hydrogens (tertiary/aromatic N) is 5. The second kappa shape index (κ2) is 9.95. The zero-order valence-electron chi connectivity index (χ0n) is 21.5. The second-order valence-electron chi connectivity index (χ2n) is 9.56. The maximum Gasteiger partial charge on any atom is 0.141 e. The molecule has 0 radical (unpaired) electrons. The smallest absolute Gasteiger partial charge is 0.141 e. The van der Waals surface area contributed by atoms with Crippen LogP contribution in [0.1, 0.15) is 22.8 Å². The number of rotatable bonds is 7. The Balaban J connectivity index is 1.50. The number of aromatic nitrogens is 4. The predicted molar refractivity (Wildman–Crippen MR) is 143 cm³/mol. The van der Waals surface area contributed by atoms with E-state index < -0.39 is 0 Å². The first-order valence-electron chi connectivity index (χ1n) is 12.8. The molecule has 0 saturated carbocycles. The van der Waals surface area contributed by atoms with Crippen molar-refractivity contribution in [1.82, 2.24) is 24.6 Å². The zero-order chi connectivity index (χ0) is 25.4. The van der Waals surface area contributed by atoms with Crippen LogP contribution in [0.4, 0.5) is 0 Å². The Kier molecular flexibility index (Phi) is 6.36. The van der Waals surface area contributed by atoms with Crippen LogP contribution in [0.15, 0.2) is 53.2 Å². The van der Waals surface area contributed by atoms with E-state index in [4.69, 9.17) is 24.0 Å². The van der Waals surface area contributed by atoms with Gasteiger partial charge in [-0.3, -0.25) is 9.88 Å². The lowest BCUT2D eigenvalue weighted by Gasteiger charge is -2.26. The number of fused-ring (bicyclic) bond motifs is 3. The maximum atomic E-state index is 5.88. The van der Waals surface area contributed by atoms with Crippen molar-refractivity contribution in [2.24, 2.45) is 0 Å². The lowest BCUT2D eigenvalue weighted by molar-refractivity contribution is 0.0381. The van der Waals surface area contributed by atoms with E-state index in [-0.39, 0.29) is 0 Å². The van der Waals surface area contributed by atoms with E-state index in [9.17, 15) is 0 Å². The van der Waals surface area contributed by atoms with Gasteiger partial charge in [0.1, 0.15) is 22.9 Å². The molecule has 0 N–H and O–H groups in total. The Morgan fingerprint density at radius 1 is 1.03 bits per heavy atom. The van der Waals surface area contributed by atoms with E-state index >= 15 is 0 Å². The van der Waals surface area contributed by atoms with Crippen LogP contribution in [-0.2, 0) is 17.7 Å². The summed E-state index contributed by atoms with van der Waals surface area (Å²) >= 11 is 0. The first-order chi connectivity index (χ1) is 18.1. The third-order valence-corrected chi connectivity index (χ3v) is 7.21. The Bertz CT molecular complexity index is 1530. The topological polar surface area (TPSA) is 78.4 Å². The van der Waals surface area contributed by atoms with Crippen molar-refractivity contribution < 1.29 is 14.0 Å². The summed E-state index contributed by atoms with van der Waals surface area (Å²) in [5.74, 6) is 2.59. The van der Waals surface area contributed by atoms with Crippen molar-refractivity contribution in [1.29, 1.82) is 0 Å². The molecule has 0 bridgehead atoms. The van der Waals surface area contributed by atoms with E-state index in [1.165, 1.54) is 5.56 Å². The normalized spacial score (nSPS) is 14.6. The lowest BCUT2D eigenvalue weighted by atomic mass is 10.0. The van der Waals surface area contributed by atoms with Gasteiger partial charge in [-0.05, 0) is 31.5 Å². The molecule has 0 atom stereocenters. The molecule has 1 fully saturated rings. The van der Waals surface area contributed by atoms with E-state index in [0.29, 0.717) is 0 Å². The minimum absolute atomic E-state index is 0.739. The number of aryl methyl sites for hydroxylation is 2. The van der Waals surface area contributed by atoms with Gasteiger partial charge in [-0.1, -0.05) is 35.5 Å². The minimum atomic E-state index is 0.739. The summed E-state index contributed by atoms with van der Waals surface area (Å²) in [5, 5.41) is 5.16. The van der Waals surface area contributed by atoms with E-state index in [2.05, 4.69) is 57.1 Å². The zero-order valence-corrected chi connectivity index (χ0v) is 21.5. The summed E-state index contributed by atoms with van der Waals surface area (Å²) in [6.07, 6.45) is 2.75. The standard InChI is InChI=1S/C29H31N5O3/c1-19-28(20(2)37-32-19)23-15-24-22(16-26(23)35-3)29-25(17-30-24)31-27(9-10-33-11-13-36-14-12-33)34(29)18-21-7-5-4-6-8-21/h4-8,15-17H,9-14,18H2,1-3H3. The predicted octanol–water partition coefficient (Wildman–Crippen LogP) is 4.79. The Morgan fingerprint density at radius 3 is 2.57 bits per heavy atom. The fourth-order valence-electron chi connectivity index (χ4n) is 5.33. The highest BCUT2D eigenvalue weighted by Crippen LogP contribution is 2.39. The average molecular weight is 498 g/mol. The highest BCUT2D eigenvalue weighted by atomic mass is 16.5. The third-order valence-electron chi connectivity index (χ3n) is 7.21. The summed E-state index contributed by atoms with van der Waals surface area (Å²) in [6, 6.07) is 14.7. The van der Waals surface area contributed by atoms with Crippen LogP contribution in [0.5, 0.6) is 5.75 Å². The fourth-order valence-corrected chi connectivity index (χ4v) is 5.33. The molecule has 8 heteroatoms. The first kappa shape index (κ1) is 23.6. The van der Waals surface area contributed by atoms with Crippen LogP contribution in [0, 0.1) is 13.8 Å². The highest BCUT2D eigenvalue weighted by Gasteiger charge is 2.21. The van der Waals surface area contributed by atoms with Gasteiger partial charge in [0, 0.05) is 43.5 Å². The van der Waals surface area contributed by atoms with Gasteiger partial charge in [0.15, 0.2) is 0 Å². The van der Waals surface area contributed by atoms with Crippen molar-refractivity contribution in [2.75, 3.05) is 40.0 Å². The summed E-state index contributed by atoms with van der Waals surface area (Å²) in [6.45, 7) is 9.07. The number of hydrogen-bond acceptors (Lipinski definition) is 7. The quantitative estimate of drug-likeness (QED) is 0.320. The molecule has 1 saturated heterocycles. The van der Waals surface area contributed by atoms with Gasteiger partial charge in [0.2, 0.25) is 0 Å². The molecular weight excluding hydrogens is 466 g/mol. The molecule has 1 aliphatic heterocycles. The molecule has 0 unspecified atom stereocenters. The van der Waals surface area contributed by atoms with Gasteiger partial charge in [-0.15, -0.1) is 0 Å². The molecule has 37 heavy (non-hydrogen) atoms. The van der Waals surface area contributed by atoms with Crippen molar-refractivity contribution in [3.63, 3.8) is 0 Å². The van der Waals surface area contributed by atoms with Crippen LogP contribution in [0.2, 0.25) is 0 Å². The molecule has 6 rings (SSSR count). The molecule has 1 aliphatic rings. The van der Waals surface area contributed by atoms with Crippen LogP contribution in [0.3, 0.4) is 0 Å². The van der Waals surface area contributed by atoms with Gasteiger partial charge < -0.3 is 18.6 Å². The fraction of sp³-hybridized carbons (Fsp3) is 0.345. The van der Waals surface area contributed by atoms with E-state index in [1.54, 1.807) is 7.11 Å². The van der Waals surface area contributed by atoms with E-state index in [0.717, 1.165) is 102 Å². The van der Waals surface area contributed by atoms with Crippen LogP contribution in [-0.4, -0.2) is 64.5 Å². The van der Waals surface area contributed by atoms with Gasteiger partial charge in [-0.25, -0.2) is 4.98 Å². The number of hydrogen-bond donors (Lipinski definition) is 0. The van der Waals surface area contributed by atoms with Crippen LogP contribution in [0.25, 0.3) is 33.1 Å². The molecule has 0 spiro atoms. The molecule has 190 valence electrons. The highest BCUT2D eigenvalue weighted by molar-refractivity contribution is 6.05. The van der Waals surface area contributed by atoms with Crippen LogP contribution >= 0.6 is 0 Å². The van der Waals surface area contributed by atoms with Crippen molar-refractivity contribution in [2.45, 2.75) is 26.8 Å². The lowest BCUT2D eigenvalue weighted by Crippen LogP contribution is -2.37.